The summed E-state index contributed by atoms with van der Waals surface area (Å²) in [4.78, 5) is 7.04. The minimum atomic E-state index is 0.408. The van der Waals surface area contributed by atoms with Crippen LogP contribution in [0.2, 0.25) is 0 Å². The van der Waals surface area contributed by atoms with Crippen LogP contribution in [0.25, 0.3) is 0 Å². The molecule has 4 heteroatoms. The van der Waals surface area contributed by atoms with Crippen molar-refractivity contribution < 1.29 is 0 Å². The van der Waals surface area contributed by atoms with Gasteiger partial charge in [-0.05, 0) is 32.4 Å². The molecule has 1 aliphatic heterocycles. The fourth-order valence-corrected chi connectivity index (χ4v) is 4.01. The summed E-state index contributed by atoms with van der Waals surface area (Å²) in [6, 6.07) is 0. The van der Waals surface area contributed by atoms with E-state index in [1.165, 1.54) is 63.9 Å². The Hall–Kier alpha value is -0.450. The Bertz CT molecular complexity index is 357. The van der Waals surface area contributed by atoms with E-state index in [4.69, 9.17) is 0 Å². The van der Waals surface area contributed by atoms with Gasteiger partial charge < -0.3 is 5.32 Å². The lowest BCUT2D eigenvalue weighted by atomic mass is 9.81. The first kappa shape index (κ1) is 12.6. The molecule has 1 aromatic heterocycles. The van der Waals surface area contributed by atoms with Crippen LogP contribution in [0.15, 0.2) is 10.9 Å². The minimum absolute atomic E-state index is 0.408. The molecule has 1 aromatic rings. The van der Waals surface area contributed by atoms with E-state index in [1.54, 1.807) is 11.3 Å². The monoisotopic (exact) mass is 265 g/mol. The molecule has 0 radical (unpaired) electrons. The van der Waals surface area contributed by atoms with Crippen LogP contribution in [0.5, 0.6) is 0 Å². The van der Waals surface area contributed by atoms with Crippen molar-refractivity contribution in [2.45, 2.75) is 50.6 Å². The first-order chi connectivity index (χ1) is 8.86. The number of nitrogens with one attached hydrogen (secondary N) is 1. The van der Waals surface area contributed by atoms with Crippen molar-refractivity contribution >= 4 is 11.3 Å². The molecule has 1 saturated carbocycles. The van der Waals surface area contributed by atoms with E-state index in [1.807, 2.05) is 5.51 Å². The Morgan fingerprint density at radius 2 is 2.17 bits per heavy atom. The average Bonchev–Trinajstić information content (AvgIpc) is 2.81. The molecule has 3 rings (SSSR count). The number of thiazole rings is 1. The molecule has 1 spiro atoms. The number of rotatable bonds is 2. The fourth-order valence-electron chi connectivity index (χ4n) is 3.46. The van der Waals surface area contributed by atoms with Gasteiger partial charge in [-0.15, -0.1) is 11.3 Å². The molecule has 1 aliphatic carbocycles. The highest BCUT2D eigenvalue weighted by Crippen LogP contribution is 2.30. The summed E-state index contributed by atoms with van der Waals surface area (Å²) in [5.74, 6) is 0. The average molecular weight is 265 g/mol. The van der Waals surface area contributed by atoms with Crippen LogP contribution in [0, 0.1) is 0 Å². The van der Waals surface area contributed by atoms with E-state index >= 15 is 0 Å². The maximum absolute atomic E-state index is 4.43. The molecular weight excluding hydrogens is 242 g/mol. The molecule has 2 heterocycles. The van der Waals surface area contributed by atoms with Crippen LogP contribution in [0.4, 0.5) is 0 Å². The molecule has 0 aromatic carbocycles. The number of nitrogens with zero attached hydrogens (tertiary/aromatic N) is 2. The summed E-state index contributed by atoms with van der Waals surface area (Å²) in [5, 5.41) is 6.03. The maximum Gasteiger partial charge on any atom is 0.0795 e. The zero-order valence-electron chi connectivity index (χ0n) is 11.0. The van der Waals surface area contributed by atoms with E-state index in [0.29, 0.717) is 5.54 Å². The van der Waals surface area contributed by atoms with Crippen molar-refractivity contribution in [1.82, 2.24) is 15.2 Å². The van der Waals surface area contributed by atoms with Gasteiger partial charge in [-0.25, -0.2) is 4.98 Å². The summed E-state index contributed by atoms with van der Waals surface area (Å²) in [7, 11) is 0. The van der Waals surface area contributed by atoms with Gasteiger partial charge in [-0.1, -0.05) is 19.3 Å². The number of aromatic nitrogens is 1. The zero-order valence-corrected chi connectivity index (χ0v) is 11.8. The predicted octanol–water partition coefficient (Wildman–Crippen LogP) is 2.64. The van der Waals surface area contributed by atoms with Crippen LogP contribution < -0.4 is 5.32 Å². The topological polar surface area (TPSA) is 28.2 Å². The van der Waals surface area contributed by atoms with Gasteiger partial charge in [0.05, 0.1) is 11.2 Å². The molecule has 2 fully saturated rings. The van der Waals surface area contributed by atoms with Crippen molar-refractivity contribution in [2.75, 3.05) is 19.6 Å². The van der Waals surface area contributed by atoms with Crippen molar-refractivity contribution in [3.8, 4) is 0 Å². The van der Waals surface area contributed by atoms with Gasteiger partial charge >= 0.3 is 0 Å². The summed E-state index contributed by atoms with van der Waals surface area (Å²) in [6.45, 7) is 4.65. The maximum atomic E-state index is 4.43. The molecule has 0 amide bonds. The zero-order chi connectivity index (χ0) is 12.3. The lowest BCUT2D eigenvalue weighted by Crippen LogP contribution is -2.52. The Balaban J connectivity index is 1.66. The normalized spacial score (nSPS) is 25.1. The Kier molecular flexibility index (Phi) is 3.97. The molecular formula is C14H23N3S. The van der Waals surface area contributed by atoms with Crippen molar-refractivity contribution in [2.24, 2.45) is 0 Å². The third kappa shape index (κ3) is 2.92. The molecule has 1 saturated heterocycles. The van der Waals surface area contributed by atoms with Crippen LogP contribution in [-0.2, 0) is 6.54 Å². The standard InChI is InChI=1S/C14H23N3S/c1-2-5-14(6-3-1)11-17(8-4-7-16-14)9-13-10-18-12-15-13/h10,12,16H,1-9,11H2. The summed E-state index contributed by atoms with van der Waals surface area (Å²) in [6.07, 6.45) is 8.22. The highest BCUT2D eigenvalue weighted by Gasteiger charge is 2.34. The van der Waals surface area contributed by atoms with Crippen LogP contribution in [0.3, 0.4) is 0 Å². The lowest BCUT2D eigenvalue weighted by Gasteiger charge is -2.40. The Morgan fingerprint density at radius 1 is 1.28 bits per heavy atom. The smallest absolute Gasteiger partial charge is 0.0795 e. The summed E-state index contributed by atoms with van der Waals surface area (Å²) < 4.78 is 0. The third-order valence-electron chi connectivity index (χ3n) is 4.36. The van der Waals surface area contributed by atoms with Crippen LogP contribution in [0.1, 0.15) is 44.2 Å². The van der Waals surface area contributed by atoms with E-state index in [0.717, 1.165) is 6.54 Å². The van der Waals surface area contributed by atoms with Crippen LogP contribution >= 0.6 is 11.3 Å². The predicted molar refractivity (Wildman–Crippen MR) is 75.8 cm³/mol. The van der Waals surface area contributed by atoms with E-state index in [9.17, 15) is 0 Å². The van der Waals surface area contributed by atoms with Gasteiger partial charge in [-0.3, -0.25) is 4.90 Å². The van der Waals surface area contributed by atoms with Crippen LogP contribution in [-0.4, -0.2) is 35.1 Å². The van der Waals surface area contributed by atoms with Gasteiger partial charge in [0.15, 0.2) is 0 Å². The fraction of sp³-hybridized carbons (Fsp3) is 0.786. The van der Waals surface area contributed by atoms with E-state index < -0.39 is 0 Å². The highest BCUT2D eigenvalue weighted by atomic mass is 32.1. The molecule has 0 atom stereocenters. The molecule has 3 nitrogen and oxygen atoms in total. The first-order valence-electron chi connectivity index (χ1n) is 7.21. The third-order valence-corrected chi connectivity index (χ3v) is 4.99. The van der Waals surface area contributed by atoms with Gasteiger partial charge in [0, 0.05) is 24.0 Å². The quantitative estimate of drug-likeness (QED) is 0.891. The second-order valence-electron chi connectivity index (χ2n) is 5.81. The Morgan fingerprint density at radius 3 is 2.94 bits per heavy atom. The SMILES string of the molecule is c1nc(CN2CCCNC3(CCCCC3)C2)cs1. The second-order valence-corrected chi connectivity index (χ2v) is 6.53. The molecule has 18 heavy (non-hydrogen) atoms. The molecule has 2 aliphatic rings. The van der Waals surface area contributed by atoms with Gasteiger partial charge in [-0.2, -0.15) is 0 Å². The van der Waals surface area contributed by atoms with Crippen molar-refractivity contribution in [3.63, 3.8) is 0 Å². The van der Waals surface area contributed by atoms with Crippen molar-refractivity contribution in [1.29, 1.82) is 0 Å². The summed E-state index contributed by atoms with van der Waals surface area (Å²) in [5.41, 5.74) is 3.60. The molecule has 0 unspecified atom stereocenters. The summed E-state index contributed by atoms with van der Waals surface area (Å²) >= 11 is 1.71. The van der Waals surface area contributed by atoms with E-state index in [2.05, 4.69) is 20.6 Å². The molecule has 1 N–H and O–H groups in total. The van der Waals surface area contributed by atoms with Gasteiger partial charge in [0.1, 0.15) is 0 Å². The molecule has 100 valence electrons. The molecule has 0 bridgehead atoms. The minimum Gasteiger partial charge on any atom is -0.310 e. The largest absolute Gasteiger partial charge is 0.310 e. The lowest BCUT2D eigenvalue weighted by molar-refractivity contribution is 0.158. The Labute approximate surface area is 114 Å². The second kappa shape index (κ2) is 5.68. The van der Waals surface area contributed by atoms with Gasteiger partial charge in [0.2, 0.25) is 0 Å². The van der Waals surface area contributed by atoms with Crippen molar-refractivity contribution in [3.05, 3.63) is 16.6 Å². The first-order valence-corrected chi connectivity index (χ1v) is 8.15. The number of hydrogen-bond donors (Lipinski definition) is 1. The van der Waals surface area contributed by atoms with E-state index in [-0.39, 0.29) is 0 Å². The van der Waals surface area contributed by atoms with Gasteiger partial charge in [0.25, 0.3) is 0 Å². The number of hydrogen-bond acceptors (Lipinski definition) is 4. The highest BCUT2D eigenvalue weighted by molar-refractivity contribution is 7.07.